The number of nitrogens with two attached hydrogens (primary N) is 1. The zero-order chi connectivity index (χ0) is 13.0. The molecule has 0 aromatic heterocycles. The minimum Gasteiger partial charge on any atom is -0.353 e. The number of amides is 1. The highest BCUT2D eigenvalue weighted by atomic mass is 16.1. The van der Waals surface area contributed by atoms with Crippen molar-refractivity contribution in [2.75, 3.05) is 20.1 Å². The fourth-order valence-electron chi connectivity index (χ4n) is 3.09. The molecule has 2 aliphatic rings. The number of nitrogens with zero attached hydrogens (tertiary/aromatic N) is 1. The number of likely N-dealkylation sites (tertiary alicyclic amines) is 1. The lowest BCUT2D eigenvalue weighted by Gasteiger charge is -2.30. The third-order valence-corrected chi connectivity index (χ3v) is 4.45. The highest BCUT2D eigenvalue weighted by Crippen LogP contribution is 2.25. The first-order valence-electron chi connectivity index (χ1n) is 7.37. The highest BCUT2D eigenvalue weighted by Gasteiger charge is 2.23. The van der Waals surface area contributed by atoms with E-state index in [0.717, 1.165) is 51.6 Å². The molecule has 1 heterocycles. The molecule has 4 nitrogen and oxygen atoms in total. The van der Waals surface area contributed by atoms with Crippen LogP contribution in [-0.2, 0) is 4.79 Å². The molecule has 0 atom stereocenters. The van der Waals surface area contributed by atoms with Gasteiger partial charge in [0.25, 0.3) is 0 Å². The molecule has 2 rings (SSSR count). The largest absolute Gasteiger partial charge is 0.353 e. The van der Waals surface area contributed by atoms with Crippen molar-refractivity contribution in [3.05, 3.63) is 0 Å². The summed E-state index contributed by atoms with van der Waals surface area (Å²) in [6.07, 6.45) is 7.33. The SMILES string of the molecule is CN1CCC(NC(=O)CC2CCC(N)CC2)CC1. The Morgan fingerprint density at radius 2 is 1.78 bits per heavy atom. The average molecular weight is 253 g/mol. The Balaban J connectivity index is 1.66. The van der Waals surface area contributed by atoms with Crippen molar-refractivity contribution in [1.29, 1.82) is 0 Å². The van der Waals surface area contributed by atoms with Gasteiger partial charge < -0.3 is 16.0 Å². The van der Waals surface area contributed by atoms with Crippen LogP contribution < -0.4 is 11.1 Å². The van der Waals surface area contributed by atoms with Crippen LogP contribution in [0.2, 0.25) is 0 Å². The molecule has 1 amide bonds. The third-order valence-electron chi connectivity index (χ3n) is 4.45. The van der Waals surface area contributed by atoms with Gasteiger partial charge in [-0.05, 0) is 64.6 Å². The lowest BCUT2D eigenvalue weighted by atomic mass is 9.84. The van der Waals surface area contributed by atoms with E-state index in [1.165, 1.54) is 0 Å². The maximum Gasteiger partial charge on any atom is 0.220 e. The summed E-state index contributed by atoms with van der Waals surface area (Å²) in [7, 11) is 2.14. The molecule has 0 aromatic carbocycles. The number of carbonyl (C=O) groups is 1. The molecular formula is C14H27N3O. The highest BCUT2D eigenvalue weighted by molar-refractivity contribution is 5.76. The van der Waals surface area contributed by atoms with Crippen molar-refractivity contribution < 1.29 is 4.79 Å². The molecule has 0 bridgehead atoms. The van der Waals surface area contributed by atoms with Crippen molar-refractivity contribution in [3.63, 3.8) is 0 Å². The second-order valence-corrected chi connectivity index (χ2v) is 6.13. The molecule has 1 aliphatic heterocycles. The van der Waals surface area contributed by atoms with Crippen LogP contribution in [0.3, 0.4) is 0 Å². The standard InChI is InChI=1S/C14H27N3O/c1-17-8-6-13(7-9-17)16-14(18)10-11-2-4-12(15)5-3-11/h11-13H,2-10,15H2,1H3,(H,16,18). The van der Waals surface area contributed by atoms with Crippen LogP contribution >= 0.6 is 0 Å². The zero-order valence-corrected chi connectivity index (χ0v) is 11.5. The number of piperidine rings is 1. The number of nitrogens with one attached hydrogen (secondary N) is 1. The van der Waals surface area contributed by atoms with E-state index in [9.17, 15) is 4.79 Å². The molecule has 0 aromatic rings. The van der Waals surface area contributed by atoms with Crippen LogP contribution in [0.15, 0.2) is 0 Å². The predicted octanol–water partition coefficient (Wildman–Crippen LogP) is 1.10. The molecule has 0 spiro atoms. The lowest BCUT2D eigenvalue weighted by Crippen LogP contribution is -2.44. The molecular weight excluding hydrogens is 226 g/mol. The third kappa shape index (κ3) is 4.25. The van der Waals surface area contributed by atoms with Crippen LogP contribution in [0.25, 0.3) is 0 Å². The minimum absolute atomic E-state index is 0.255. The van der Waals surface area contributed by atoms with Gasteiger partial charge in [-0.25, -0.2) is 0 Å². The zero-order valence-electron chi connectivity index (χ0n) is 11.5. The number of hydrogen-bond donors (Lipinski definition) is 2. The summed E-state index contributed by atoms with van der Waals surface area (Å²) in [6.45, 7) is 2.20. The van der Waals surface area contributed by atoms with Crippen molar-refractivity contribution in [3.8, 4) is 0 Å². The molecule has 0 unspecified atom stereocenters. The Morgan fingerprint density at radius 3 is 2.39 bits per heavy atom. The van der Waals surface area contributed by atoms with E-state index in [-0.39, 0.29) is 5.91 Å². The van der Waals surface area contributed by atoms with E-state index >= 15 is 0 Å². The summed E-state index contributed by atoms with van der Waals surface area (Å²) < 4.78 is 0. The van der Waals surface area contributed by atoms with Gasteiger partial charge in [0.05, 0.1) is 0 Å². The Kier molecular flexibility index (Phi) is 5.01. The lowest BCUT2D eigenvalue weighted by molar-refractivity contribution is -0.123. The smallest absolute Gasteiger partial charge is 0.220 e. The van der Waals surface area contributed by atoms with Crippen LogP contribution in [0, 0.1) is 5.92 Å². The fraction of sp³-hybridized carbons (Fsp3) is 0.929. The molecule has 104 valence electrons. The fourth-order valence-corrected chi connectivity index (χ4v) is 3.09. The summed E-state index contributed by atoms with van der Waals surface area (Å²) in [5.41, 5.74) is 5.88. The van der Waals surface area contributed by atoms with E-state index in [1.807, 2.05) is 0 Å². The van der Waals surface area contributed by atoms with Gasteiger partial charge in [-0.2, -0.15) is 0 Å². The molecule has 0 radical (unpaired) electrons. The minimum atomic E-state index is 0.255. The van der Waals surface area contributed by atoms with Gasteiger partial charge in [0, 0.05) is 18.5 Å². The van der Waals surface area contributed by atoms with Gasteiger partial charge in [-0.3, -0.25) is 4.79 Å². The van der Waals surface area contributed by atoms with E-state index in [4.69, 9.17) is 5.73 Å². The summed E-state index contributed by atoms with van der Waals surface area (Å²) in [5.74, 6) is 0.820. The molecule has 1 saturated heterocycles. The van der Waals surface area contributed by atoms with Gasteiger partial charge in [0.15, 0.2) is 0 Å². The molecule has 1 saturated carbocycles. The van der Waals surface area contributed by atoms with Crippen LogP contribution in [0.1, 0.15) is 44.9 Å². The monoisotopic (exact) mass is 253 g/mol. The number of rotatable bonds is 3. The van der Waals surface area contributed by atoms with E-state index in [2.05, 4.69) is 17.3 Å². The Bertz CT molecular complexity index is 240. The quantitative estimate of drug-likeness (QED) is 0.792. The first-order valence-corrected chi connectivity index (χ1v) is 7.37. The topological polar surface area (TPSA) is 58.4 Å². The second kappa shape index (κ2) is 6.53. The summed E-state index contributed by atoms with van der Waals surface area (Å²) >= 11 is 0. The van der Waals surface area contributed by atoms with Crippen LogP contribution in [-0.4, -0.2) is 43.0 Å². The molecule has 2 fully saturated rings. The normalized spacial score (nSPS) is 31.2. The second-order valence-electron chi connectivity index (χ2n) is 6.13. The molecule has 4 heteroatoms. The Labute approximate surface area is 110 Å². The average Bonchev–Trinajstić information content (AvgIpc) is 2.35. The Morgan fingerprint density at radius 1 is 1.17 bits per heavy atom. The van der Waals surface area contributed by atoms with Gasteiger partial charge in [-0.1, -0.05) is 0 Å². The van der Waals surface area contributed by atoms with Crippen LogP contribution in [0.5, 0.6) is 0 Å². The van der Waals surface area contributed by atoms with Crippen molar-refractivity contribution in [1.82, 2.24) is 10.2 Å². The molecule has 3 N–H and O–H groups in total. The predicted molar refractivity (Wildman–Crippen MR) is 73.2 cm³/mol. The van der Waals surface area contributed by atoms with Gasteiger partial charge >= 0.3 is 0 Å². The molecule has 1 aliphatic carbocycles. The maximum absolute atomic E-state index is 12.0. The summed E-state index contributed by atoms with van der Waals surface area (Å²) in [5, 5.41) is 3.20. The van der Waals surface area contributed by atoms with E-state index in [1.54, 1.807) is 0 Å². The van der Waals surface area contributed by atoms with Gasteiger partial charge in [-0.15, -0.1) is 0 Å². The van der Waals surface area contributed by atoms with Crippen molar-refractivity contribution >= 4 is 5.91 Å². The van der Waals surface area contributed by atoms with Crippen molar-refractivity contribution in [2.45, 2.75) is 57.0 Å². The van der Waals surface area contributed by atoms with E-state index < -0.39 is 0 Å². The molecule has 18 heavy (non-hydrogen) atoms. The summed E-state index contributed by atoms with van der Waals surface area (Å²) in [4.78, 5) is 14.3. The first kappa shape index (κ1) is 13.8. The number of carbonyl (C=O) groups excluding carboxylic acids is 1. The first-order chi connectivity index (χ1) is 8.63. The Hall–Kier alpha value is -0.610. The van der Waals surface area contributed by atoms with Crippen LogP contribution in [0.4, 0.5) is 0 Å². The van der Waals surface area contributed by atoms with E-state index in [0.29, 0.717) is 24.4 Å². The van der Waals surface area contributed by atoms with Gasteiger partial charge in [0.1, 0.15) is 0 Å². The number of hydrogen-bond acceptors (Lipinski definition) is 3. The summed E-state index contributed by atoms with van der Waals surface area (Å²) in [6, 6.07) is 0.776. The maximum atomic E-state index is 12.0. The van der Waals surface area contributed by atoms with Gasteiger partial charge in [0.2, 0.25) is 5.91 Å². The van der Waals surface area contributed by atoms with Crippen molar-refractivity contribution in [2.24, 2.45) is 11.7 Å².